The summed E-state index contributed by atoms with van der Waals surface area (Å²) in [5.41, 5.74) is 0. The van der Waals surface area contributed by atoms with E-state index in [-0.39, 0.29) is 5.28 Å². The smallest absolute Gasteiger partial charge is 0.224 e. The van der Waals surface area contributed by atoms with E-state index >= 15 is 0 Å². The van der Waals surface area contributed by atoms with E-state index in [1.165, 1.54) is 6.42 Å². The van der Waals surface area contributed by atoms with Gasteiger partial charge < -0.3 is 4.90 Å². The minimum absolute atomic E-state index is 0.254. The van der Waals surface area contributed by atoms with E-state index in [1.54, 1.807) is 6.20 Å². The topological polar surface area (TPSA) is 29.0 Å². The fraction of sp³-hybridized carbons (Fsp3) is 0.556. The highest BCUT2D eigenvalue weighted by Crippen LogP contribution is 2.28. The van der Waals surface area contributed by atoms with Gasteiger partial charge in [0.1, 0.15) is 5.02 Å². The van der Waals surface area contributed by atoms with Gasteiger partial charge in [-0.1, -0.05) is 18.5 Å². The van der Waals surface area contributed by atoms with Crippen molar-refractivity contribution in [3.63, 3.8) is 0 Å². The minimum Gasteiger partial charge on any atom is -0.355 e. The molecule has 14 heavy (non-hydrogen) atoms. The maximum Gasteiger partial charge on any atom is 0.224 e. The molecule has 1 aromatic heterocycles. The minimum atomic E-state index is 0.254. The lowest BCUT2D eigenvalue weighted by Crippen LogP contribution is -2.20. The van der Waals surface area contributed by atoms with Crippen LogP contribution in [0.1, 0.15) is 13.3 Å². The van der Waals surface area contributed by atoms with Crippen molar-refractivity contribution in [3.8, 4) is 0 Å². The van der Waals surface area contributed by atoms with E-state index in [2.05, 4.69) is 21.8 Å². The quantitative estimate of drug-likeness (QED) is 0.697. The molecule has 5 heteroatoms. The maximum absolute atomic E-state index is 6.00. The highest BCUT2D eigenvalue weighted by atomic mass is 35.5. The van der Waals surface area contributed by atoms with E-state index in [9.17, 15) is 0 Å². The highest BCUT2D eigenvalue weighted by Gasteiger charge is 2.22. The predicted octanol–water partition coefficient (Wildman–Crippen LogP) is 2.63. The van der Waals surface area contributed by atoms with Crippen LogP contribution < -0.4 is 4.90 Å². The maximum atomic E-state index is 6.00. The molecule has 0 spiro atoms. The van der Waals surface area contributed by atoms with E-state index in [4.69, 9.17) is 23.2 Å². The van der Waals surface area contributed by atoms with Crippen molar-refractivity contribution < 1.29 is 0 Å². The Bertz CT molecular complexity index is 343. The molecule has 1 unspecified atom stereocenters. The fourth-order valence-electron chi connectivity index (χ4n) is 1.69. The predicted molar refractivity (Wildman–Crippen MR) is 58.0 cm³/mol. The summed E-state index contributed by atoms with van der Waals surface area (Å²) in [5.74, 6) is 1.45. The molecule has 0 saturated carbocycles. The molecule has 1 fully saturated rings. The summed E-state index contributed by atoms with van der Waals surface area (Å²) in [6.45, 7) is 4.21. The Morgan fingerprint density at radius 1 is 1.50 bits per heavy atom. The van der Waals surface area contributed by atoms with Crippen LogP contribution in [-0.4, -0.2) is 23.1 Å². The number of anilines is 1. The third kappa shape index (κ3) is 1.93. The third-order valence-electron chi connectivity index (χ3n) is 2.42. The molecule has 0 amide bonds. The van der Waals surface area contributed by atoms with Crippen LogP contribution >= 0.6 is 23.2 Å². The van der Waals surface area contributed by atoms with Crippen molar-refractivity contribution in [2.45, 2.75) is 13.3 Å². The molecule has 2 rings (SSSR count). The summed E-state index contributed by atoms with van der Waals surface area (Å²) in [7, 11) is 0. The van der Waals surface area contributed by atoms with E-state index in [0.717, 1.165) is 18.9 Å². The molecule has 1 aliphatic heterocycles. The SMILES string of the molecule is CC1CCN(c2nc(Cl)ncc2Cl)C1. The van der Waals surface area contributed by atoms with Crippen molar-refractivity contribution in [1.82, 2.24) is 9.97 Å². The van der Waals surface area contributed by atoms with Crippen LogP contribution in [0, 0.1) is 5.92 Å². The summed E-state index contributed by atoms with van der Waals surface area (Å²) < 4.78 is 0. The van der Waals surface area contributed by atoms with E-state index < -0.39 is 0 Å². The Morgan fingerprint density at radius 3 is 2.93 bits per heavy atom. The van der Waals surface area contributed by atoms with Gasteiger partial charge in [0.25, 0.3) is 0 Å². The molecule has 1 saturated heterocycles. The van der Waals surface area contributed by atoms with Gasteiger partial charge in [0, 0.05) is 13.1 Å². The second-order valence-corrected chi connectivity index (χ2v) is 4.40. The van der Waals surface area contributed by atoms with Crippen molar-refractivity contribution in [2.75, 3.05) is 18.0 Å². The lowest BCUT2D eigenvalue weighted by Gasteiger charge is -2.17. The second-order valence-electron chi connectivity index (χ2n) is 3.65. The average Bonchev–Trinajstić information content (AvgIpc) is 2.56. The molecule has 1 aromatic rings. The molecular formula is C9H11Cl2N3. The summed E-state index contributed by atoms with van der Waals surface area (Å²) in [4.78, 5) is 10.1. The Kier molecular flexibility index (Phi) is 2.79. The molecule has 3 nitrogen and oxygen atoms in total. The van der Waals surface area contributed by atoms with Gasteiger partial charge in [-0.3, -0.25) is 0 Å². The first-order chi connectivity index (χ1) is 6.66. The summed E-state index contributed by atoms with van der Waals surface area (Å²) >= 11 is 11.7. The Morgan fingerprint density at radius 2 is 2.29 bits per heavy atom. The van der Waals surface area contributed by atoms with E-state index in [0.29, 0.717) is 10.9 Å². The van der Waals surface area contributed by atoms with Crippen LogP contribution in [0.25, 0.3) is 0 Å². The standard InChI is InChI=1S/C9H11Cl2N3/c1-6-2-3-14(5-6)8-7(10)4-12-9(11)13-8/h4,6H,2-3,5H2,1H3. The second kappa shape index (κ2) is 3.91. The van der Waals surface area contributed by atoms with Crippen molar-refractivity contribution in [3.05, 3.63) is 16.5 Å². The average molecular weight is 232 g/mol. The van der Waals surface area contributed by atoms with Gasteiger partial charge in [-0.25, -0.2) is 4.98 Å². The van der Waals surface area contributed by atoms with Gasteiger partial charge in [-0.15, -0.1) is 0 Å². The van der Waals surface area contributed by atoms with Crippen molar-refractivity contribution in [2.24, 2.45) is 5.92 Å². The van der Waals surface area contributed by atoms with Gasteiger partial charge in [0.2, 0.25) is 5.28 Å². The zero-order chi connectivity index (χ0) is 10.1. The van der Waals surface area contributed by atoms with Gasteiger partial charge in [-0.2, -0.15) is 4.98 Å². The van der Waals surface area contributed by atoms with Gasteiger partial charge in [0.05, 0.1) is 6.20 Å². The van der Waals surface area contributed by atoms with Crippen molar-refractivity contribution in [1.29, 1.82) is 0 Å². The Hall–Kier alpha value is -0.540. The summed E-state index contributed by atoms with van der Waals surface area (Å²) in [6.07, 6.45) is 2.73. The number of nitrogens with zero attached hydrogens (tertiary/aromatic N) is 3. The summed E-state index contributed by atoms with van der Waals surface area (Å²) in [6, 6.07) is 0. The highest BCUT2D eigenvalue weighted by molar-refractivity contribution is 6.33. The van der Waals surface area contributed by atoms with Gasteiger partial charge in [-0.05, 0) is 23.9 Å². The van der Waals surface area contributed by atoms with Gasteiger partial charge >= 0.3 is 0 Å². The first-order valence-electron chi connectivity index (χ1n) is 4.60. The molecule has 1 aliphatic rings. The lowest BCUT2D eigenvalue weighted by atomic mass is 10.2. The Labute approximate surface area is 93.1 Å². The molecule has 0 radical (unpaired) electrons. The number of hydrogen-bond acceptors (Lipinski definition) is 3. The van der Waals surface area contributed by atoms with Crippen LogP contribution in [0.15, 0.2) is 6.20 Å². The molecule has 0 aliphatic carbocycles. The molecule has 0 bridgehead atoms. The number of rotatable bonds is 1. The molecular weight excluding hydrogens is 221 g/mol. The molecule has 2 heterocycles. The number of aromatic nitrogens is 2. The van der Waals surface area contributed by atoms with Crippen LogP contribution in [-0.2, 0) is 0 Å². The van der Waals surface area contributed by atoms with Gasteiger partial charge in [0.15, 0.2) is 5.82 Å². The summed E-state index contributed by atoms with van der Waals surface area (Å²) in [5, 5.41) is 0.826. The van der Waals surface area contributed by atoms with Crippen LogP contribution in [0.4, 0.5) is 5.82 Å². The Balaban J connectivity index is 2.27. The van der Waals surface area contributed by atoms with Crippen LogP contribution in [0.2, 0.25) is 10.3 Å². The molecule has 1 atom stereocenters. The molecule has 76 valence electrons. The number of hydrogen-bond donors (Lipinski definition) is 0. The zero-order valence-electron chi connectivity index (χ0n) is 7.87. The van der Waals surface area contributed by atoms with Crippen molar-refractivity contribution >= 4 is 29.0 Å². The largest absolute Gasteiger partial charge is 0.355 e. The van der Waals surface area contributed by atoms with Crippen LogP contribution in [0.5, 0.6) is 0 Å². The first-order valence-corrected chi connectivity index (χ1v) is 5.35. The number of halogens is 2. The molecule has 0 N–H and O–H groups in total. The normalized spacial score (nSPS) is 21.6. The molecule has 0 aromatic carbocycles. The van der Waals surface area contributed by atoms with Crippen LogP contribution in [0.3, 0.4) is 0 Å². The third-order valence-corrected chi connectivity index (χ3v) is 2.87. The van der Waals surface area contributed by atoms with E-state index in [1.807, 2.05) is 0 Å². The fourth-order valence-corrected chi connectivity index (χ4v) is 2.03. The lowest BCUT2D eigenvalue weighted by molar-refractivity contribution is 0.659. The first kappa shape index (κ1) is 9.99. The zero-order valence-corrected chi connectivity index (χ0v) is 9.39. The monoisotopic (exact) mass is 231 g/mol.